The highest BCUT2D eigenvalue weighted by Gasteiger charge is 2.32. The molecule has 33 heavy (non-hydrogen) atoms. The predicted octanol–water partition coefficient (Wildman–Crippen LogP) is 3.64. The summed E-state index contributed by atoms with van der Waals surface area (Å²) < 4.78 is 19.8. The fourth-order valence-corrected chi connectivity index (χ4v) is 4.44. The lowest BCUT2D eigenvalue weighted by atomic mass is 9.96. The van der Waals surface area contributed by atoms with Crippen LogP contribution in [0.4, 0.5) is 10.2 Å². The molecule has 2 aromatic carbocycles. The van der Waals surface area contributed by atoms with Crippen molar-refractivity contribution in [1.29, 1.82) is 0 Å². The minimum Gasteiger partial charge on any atom is -0.508 e. The van der Waals surface area contributed by atoms with E-state index in [-0.39, 0.29) is 23.4 Å². The molecule has 2 atom stereocenters. The summed E-state index contributed by atoms with van der Waals surface area (Å²) in [6, 6.07) is 7.66. The van der Waals surface area contributed by atoms with Gasteiger partial charge in [-0.15, -0.1) is 6.42 Å². The van der Waals surface area contributed by atoms with E-state index in [1.165, 1.54) is 25.3 Å². The van der Waals surface area contributed by atoms with Gasteiger partial charge in [0.15, 0.2) is 0 Å². The van der Waals surface area contributed by atoms with Crippen LogP contribution in [0.1, 0.15) is 18.9 Å². The van der Waals surface area contributed by atoms with Crippen molar-refractivity contribution in [1.82, 2.24) is 15.0 Å². The zero-order valence-electron chi connectivity index (χ0n) is 18.1. The van der Waals surface area contributed by atoms with Crippen molar-refractivity contribution < 1.29 is 19.3 Å². The maximum atomic E-state index is 14.6. The van der Waals surface area contributed by atoms with Gasteiger partial charge in [0, 0.05) is 23.7 Å². The summed E-state index contributed by atoms with van der Waals surface area (Å²) in [5, 5.41) is 22.5. The molecule has 0 saturated carbocycles. The van der Waals surface area contributed by atoms with Crippen LogP contribution >= 0.6 is 0 Å². The smallest absolute Gasteiger partial charge is 0.316 e. The van der Waals surface area contributed by atoms with E-state index in [0.717, 1.165) is 0 Å². The third-order valence-electron chi connectivity index (χ3n) is 6.18. The molecule has 0 spiro atoms. The second kappa shape index (κ2) is 7.87. The Morgan fingerprint density at radius 3 is 2.76 bits per heavy atom. The van der Waals surface area contributed by atoms with Crippen LogP contribution in [-0.4, -0.2) is 51.0 Å². The van der Waals surface area contributed by atoms with Gasteiger partial charge in [0.25, 0.3) is 0 Å². The molecule has 4 aromatic rings. The van der Waals surface area contributed by atoms with Crippen LogP contribution in [-0.2, 0) is 0 Å². The molecule has 166 valence electrons. The highest BCUT2D eigenvalue weighted by molar-refractivity contribution is 6.03. The molecule has 1 fully saturated rings. The first-order valence-electron chi connectivity index (χ1n) is 10.5. The second-order valence-corrected chi connectivity index (χ2v) is 8.07. The number of phenols is 1. The lowest BCUT2D eigenvalue weighted by Gasteiger charge is -2.25. The lowest BCUT2D eigenvalue weighted by Crippen LogP contribution is -2.33. The van der Waals surface area contributed by atoms with Crippen LogP contribution in [0, 0.1) is 18.2 Å². The number of aliphatic hydroxyl groups is 1. The Bertz CT molecular complexity index is 1450. The Hall–Kier alpha value is -3.96. The van der Waals surface area contributed by atoms with E-state index in [9.17, 15) is 14.6 Å². The number of pyridine rings is 1. The maximum absolute atomic E-state index is 14.6. The van der Waals surface area contributed by atoms with Gasteiger partial charge in [0.1, 0.15) is 17.4 Å². The molecule has 1 aliphatic heterocycles. The summed E-state index contributed by atoms with van der Waals surface area (Å²) in [7, 11) is 1.48. The monoisotopic (exact) mass is 444 g/mol. The van der Waals surface area contributed by atoms with Gasteiger partial charge in [-0.2, -0.15) is 4.98 Å². The first-order chi connectivity index (χ1) is 15.9. The van der Waals surface area contributed by atoms with Crippen molar-refractivity contribution >= 4 is 27.5 Å². The van der Waals surface area contributed by atoms with Crippen molar-refractivity contribution in [3.63, 3.8) is 0 Å². The predicted molar refractivity (Wildman–Crippen MR) is 124 cm³/mol. The van der Waals surface area contributed by atoms with E-state index in [1.54, 1.807) is 18.3 Å². The quantitative estimate of drug-likeness (QED) is 0.466. The number of fused-ring (bicyclic) bond motifs is 2. The average Bonchev–Trinajstić information content (AvgIpc) is 3.15. The Balaban J connectivity index is 1.85. The number of methoxy groups -OCH3 is 1. The summed E-state index contributed by atoms with van der Waals surface area (Å²) >= 11 is 0. The van der Waals surface area contributed by atoms with Crippen molar-refractivity contribution in [3.8, 4) is 35.4 Å². The van der Waals surface area contributed by atoms with Gasteiger partial charge in [-0.1, -0.05) is 12.0 Å². The van der Waals surface area contributed by atoms with Crippen LogP contribution in [0.15, 0.2) is 36.5 Å². The molecular weight excluding hydrogens is 423 g/mol. The number of rotatable bonds is 3. The second-order valence-electron chi connectivity index (χ2n) is 8.07. The largest absolute Gasteiger partial charge is 0.508 e. The summed E-state index contributed by atoms with van der Waals surface area (Å²) in [6.07, 6.45) is 7.40. The number of aromatic nitrogens is 3. The third-order valence-corrected chi connectivity index (χ3v) is 6.18. The highest BCUT2D eigenvalue weighted by Crippen LogP contribution is 2.38. The molecule has 8 heteroatoms. The number of hydrogen-bond acceptors (Lipinski definition) is 7. The number of phenolic OH excluding ortho intramolecular Hbond substituents is 1. The fourth-order valence-electron chi connectivity index (χ4n) is 4.44. The van der Waals surface area contributed by atoms with Gasteiger partial charge >= 0.3 is 6.01 Å². The van der Waals surface area contributed by atoms with Crippen LogP contribution < -0.4 is 9.64 Å². The van der Waals surface area contributed by atoms with Crippen molar-refractivity contribution in [3.05, 3.63) is 47.9 Å². The zero-order valence-corrected chi connectivity index (χ0v) is 18.1. The van der Waals surface area contributed by atoms with Crippen LogP contribution in [0.2, 0.25) is 0 Å². The van der Waals surface area contributed by atoms with Gasteiger partial charge in [-0.05, 0) is 43.0 Å². The Kier molecular flexibility index (Phi) is 4.99. The molecule has 5 rings (SSSR count). The fraction of sp³-hybridized carbons (Fsp3) is 0.240. The van der Waals surface area contributed by atoms with Gasteiger partial charge in [-0.3, -0.25) is 0 Å². The number of anilines is 1. The average molecular weight is 444 g/mol. The van der Waals surface area contributed by atoms with Gasteiger partial charge in [0.2, 0.25) is 0 Å². The number of hydrogen-bond donors (Lipinski definition) is 2. The highest BCUT2D eigenvalue weighted by atomic mass is 19.1. The zero-order chi connectivity index (χ0) is 23.3. The summed E-state index contributed by atoms with van der Waals surface area (Å²) in [5.74, 6) is 2.49. The van der Waals surface area contributed by atoms with Crippen LogP contribution in [0.5, 0.6) is 11.8 Å². The van der Waals surface area contributed by atoms with E-state index in [4.69, 9.17) is 16.1 Å². The molecule has 1 saturated heterocycles. The van der Waals surface area contributed by atoms with E-state index in [1.807, 2.05) is 11.8 Å². The third kappa shape index (κ3) is 3.38. The standard InChI is InChI=1S/C25H21FN4O3/c1-4-16-19(26)6-5-14-9-15(31)10-17(23(14)16)20-11-21-18(12-27-25(29-21)33-3)24(28-20)30-8-7-22(32)13(30)2/h1,5-6,9-13,22,31-32H,7-8H2,2-3H3. The van der Waals surface area contributed by atoms with Crippen molar-refractivity contribution in [2.45, 2.75) is 25.5 Å². The minimum atomic E-state index is -0.529. The maximum Gasteiger partial charge on any atom is 0.316 e. The van der Waals surface area contributed by atoms with E-state index in [0.29, 0.717) is 51.7 Å². The number of aromatic hydroxyl groups is 1. The van der Waals surface area contributed by atoms with E-state index in [2.05, 4.69) is 15.9 Å². The SMILES string of the molecule is C#Cc1c(F)ccc2cc(O)cc(-c3cc4nc(OC)ncc4c(N4CCC(O)C4C)n3)c12. The summed E-state index contributed by atoms with van der Waals surface area (Å²) in [5.41, 5.74) is 1.59. The minimum absolute atomic E-state index is 0.000701. The molecule has 2 N–H and O–H groups in total. The molecule has 0 aliphatic carbocycles. The first kappa shape index (κ1) is 20.9. The lowest BCUT2D eigenvalue weighted by molar-refractivity contribution is 0.170. The summed E-state index contributed by atoms with van der Waals surface area (Å²) in [6.45, 7) is 2.53. The van der Waals surface area contributed by atoms with Gasteiger partial charge in [0.05, 0.1) is 41.4 Å². The first-order valence-corrected chi connectivity index (χ1v) is 10.5. The molecule has 7 nitrogen and oxygen atoms in total. The number of ether oxygens (including phenoxy) is 1. The summed E-state index contributed by atoms with van der Waals surface area (Å²) in [4.78, 5) is 15.6. The van der Waals surface area contributed by atoms with Crippen molar-refractivity contribution in [2.24, 2.45) is 0 Å². The molecule has 3 heterocycles. The number of halogens is 1. The molecule has 0 amide bonds. The van der Waals surface area contributed by atoms with Crippen LogP contribution in [0.3, 0.4) is 0 Å². The normalized spacial score (nSPS) is 18.1. The molecule has 1 aliphatic rings. The van der Waals surface area contributed by atoms with E-state index < -0.39 is 11.9 Å². The Morgan fingerprint density at radius 1 is 1.24 bits per heavy atom. The topological polar surface area (TPSA) is 91.6 Å². The number of aliphatic hydroxyl groups excluding tert-OH is 1. The Labute approximate surface area is 189 Å². The molecular formula is C25H21FN4O3. The number of nitrogens with zero attached hydrogens (tertiary/aromatic N) is 4. The molecule has 2 unspecified atom stereocenters. The van der Waals surface area contributed by atoms with Crippen LogP contribution in [0.25, 0.3) is 32.9 Å². The van der Waals surface area contributed by atoms with Gasteiger partial charge < -0.3 is 19.8 Å². The van der Waals surface area contributed by atoms with Gasteiger partial charge in [-0.25, -0.2) is 14.4 Å². The van der Waals surface area contributed by atoms with Crippen molar-refractivity contribution in [2.75, 3.05) is 18.6 Å². The molecule has 0 radical (unpaired) electrons. The number of terminal acetylenes is 1. The molecule has 2 aromatic heterocycles. The molecule has 0 bridgehead atoms. The Morgan fingerprint density at radius 2 is 2.06 bits per heavy atom. The number of benzene rings is 2. The van der Waals surface area contributed by atoms with E-state index >= 15 is 0 Å².